The topological polar surface area (TPSA) is 55.4 Å². The van der Waals surface area contributed by atoms with Gasteiger partial charge in [-0.2, -0.15) is 0 Å². The summed E-state index contributed by atoms with van der Waals surface area (Å²) in [6.45, 7) is 4.20. The molecule has 2 aromatic carbocycles. The Morgan fingerprint density at radius 3 is 2.12 bits per heavy atom. The van der Waals surface area contributed by atoms with E-state index in [0.29, 0.717) is 6.61 Å². The van der Waals surface area contributed by atoms with Gasteiger partial charge in [0.1, 0.15) is 5.70 Å². The fourth-order valence-electron chi connectivity index (χ4n) is 2.09. The SMILES string of the molecule is CC(C)COC(=O)/C(=C\c1ccccc1)NC(=O)/C=C/c1ccccc1. The Hall–Kier alpha value is -3.14. The molecular formula is C22H23NO3. The van der Waals surface area contributed by atoms with Crippen molar-refractivity contribution in [1.29, 1.82) is 0 Å². The van der Waals surface area contributed by atoms with Gasteiger partial charge in [0.05, 0.1) is 6.61 Å². The molecule has 4 nitrogen and oxygen atoms in total. The number of benzene rings is 2. The molecule has 26 heavy (non-hydrogen) atoms. The summed E-state index contributed by atoms with van der Waals surface area (Å²) in [6, 6.07) is 18.8. The molecular weight excluding hydrogens is 326 g/mol. The Morgan fingerprint density at radius 2 is 1.54 bits per heavy atom. The van der Waals surface area contributed by atoms with Gasteiger partial charge in [-0.3, -0.25) is 4.79 Å². The smallest absolute Gasteiger partial charge is 0.354 e. The second-order valence-electron chi connectivity index (χ2n) is 6.19. The summed E-state index contributed by atoms with van der Waals surface area (Å²) in [6.07, 6.45) is 4.69. The van der Waals surface area contributed by atoms with Crippen LogP contribution < -0.4 is 5.32 Å². The van der Waals surface area contributed by atoms with E-state index in [4.69, 9.17) is 4.74 Å². The molecule has 0 saturated heterocycles. The van der Waals surface area contributed by atoms with E-state index in [-0.39, 0.29) is 11.6 Å². The average molecular weight is 349 g/mol. The van der Waals surface area contributed by atoms with Crippen molar-refractivity contribution in [3.63, 3.8) is 0 Å². The molecule has 0 atom stereocenters. The van der Waals surface area contributed by atoms with E-state index in [0.717, 1.165) is 11.1 Å². The lowest BCUT2D eigenvalue weighted by atomic mass is 10.2. The maximum atomic E-state index is 12.3. The van der Waals surface area contributed by atoms with Gasteiger partial charge in [0.25, 0.3) is 0 Å². The van der Waals surface area contributed by atoms with Gasteiger partial charge in [-0.15, -0.1) is 0 Å². The molecule has 1 amide bonds. The molecule has 0 aliphatic carbocycles. The molecule has 2 rings (SSSR count). The lowest BCUT2D eigenvalue weighted by molar-refractivity contribution is -0.141. The first-order valence-corrected chi connectivity index (χ1v) is 8.52. The predicted octanol–water partition coefficient (Wildman–Crippen LogP) is 4.06. The zero-order valence-corrected chi connectivity index (χ0v) is 15.0. The first kappa shape index (κ1) is 19.2. The van der Waals surface area contributed by atoms with Gasteiger partial charge in [-0.25, -0.2) is 4.79 Å². The molecule has 0 fully saturated rings. The fourth-order valence-corrected chi connectivity index (χ4v) is 2.09. The summed E-state index contributed by atoms with van der Waals surface area (Å²) < 4.78 is 5.26. The van der Waals surface area contributed by atoms with Crippen molar-refractivity contribution < 1.29 is 14.3 Å². The van der Waals surface area contributed by atoms with Crippen LogP contribution in [-0.4, -0.2) is 18.5 Å². The van der Waals surface area contributed by atoms with Crippen LogP contribution in [0.4, 0.5) is 0 Å². The summed E-state index contributed by atoms with van der Waals surface area (Å²) in [5.41, 5.74) is 1.81. The molecule has 0 aliphatic rings. The van der Waals surface area contributed by atoms with E-state index in [1.807, 2.05) is 74.5 Å². The third-order valence-corrected chi connectivity index (χ3v) is 3.36. The number of carbonyl (C=O) groups is 2. The van der Waals surface area contributed by atoms with Gasteiger partial charge < -0.3 is 10.1 Å². The van der Waals surface area contributed by atoms with E-state index in [1.165, 1.54) is 6.08 Å². The molecule has 0 aromatic heterocycles. The van der Waals surface area contributed by atoms with Crippen molar-refractivity contribution >= 4 is 24.0 Å². The Labute approximate surface area is 154 Å². The number of amides is 1. The summed E-state index contributed by atoms with van der Waals surface area (Å²) >= 11 is 0. The Balaban J connectivity index is 2.12. The van der Waals surface area contributed by atoms with Crippen LogP contribution in [0.15, 0.2) is 72.4 Å². The van der Waals surface area contributed by atoms with Gasteiger partial charge in [-0.1, -0.05) is 74.5 Å². The number of carbonyl (C=O) groups excluding carboxylic acids is 2. The monoisotopic (exact) mass is 349 g/mol. The van der Waals surface area contributed by atoms with Gasteiger partial charge in [0, 0.05) is 6.08 Å². The number of hydrogen-bond donors (Lipinski definition) is 1. The van der Waals surface area contributed by atoms with E-state index >= 15 is 0 Å². The van der Waals surface area contributed by atoms with Crippen molar-refractivity contribution in [1.82, 2.24) is 5.32 Å². The number of esters is 1. The lowest BCUT2D eigenvalue weighted by Gasteiger charge is -2.10. The molecule has 0 unspecified atom stereocenters. The molecule has 0 aliphatic heterocycles. The number of hydrogen-bond acceptors (Lipinski definition) is 3. The molecule has 2 aromatic rings. The van der Waals surface area contributed by atoms with Crippen LogP contribution in [0.25, 0.3) is 12.2 Å². The van der Waals surface area contributed by atoms with Gasteiger partial charge >= 0.3 is 5.97 Å². The minimum atomic E-state index is -0.552. The Kier molecular flexibility index (Phi) is 7.37. The number of ether oxygens (including phenoxy) is 1. The molecule has 0 spiro atoms. The summed E-state index contributed by atoms with van der Waals surface area (Å²) in [4.78, 5) is 24.5. The van der Waals surface area contributed by atoms with Crippen molar-refractivity contribution in [3.05, 3.63) is 83.6 Å². The van der Waals surface area contributed by atoms with Crippen LogP contribution in [0.5, 0.6) is 0 Å². The molecule has 0 saturated carbocycles. The number of nitrogens with one attached hydrogen (secondary N) is 1. The van der Waals surface area contributed by atoms with Gasteiger partial charge in [-0.05, 0) is 29.2 Å². The van der Waals surface area contributed by atoms with Crippen molar-refractivity contribution in [2.75, 3.05) is 6.61 Å². The molecule has 1 N–H and O–H groups in total. The van der Waals surface area contributed by atoms with E-state index in [2.05, 4.69) is 5.32 Å². The van der Waals surface area contributed by atoms with Crippen LogP contribution in [0.3, 0.4) is 0 Å². The van der Waals surface area contributed by atoms with Crippen molar-refractivity contribution in [2.45, 2.75) is 13.8 Å². The maximum absolute atomic E-state index is 12.3. The summed E-state index contributed by atoms with van der Waals surface area (Å²) in [5.74, 6) is -0.729. The molecule has 0 bridgehead atoms. The highest BCUT2D eigenvalue weighted by Crippen LogP contribution is 2.08. The molecule has 0 radical (unpaired) electrons. The van der Waals surface area contributed by atoms with Gasteiger partial charge in [0.2, 0.25) is 5.91 Å². The minimum Gasteiger partial charge on any atom is -0.461 e. The third-order valence-electron chi connectivity index (χ3n) is 3.36. The summed E-state index contributed by atoms with van der Waals surface area (Å²) in [5, 5.41) is 2.62. The van der Waals surface area contributed by atoms with E-state index in [1.54, 1.807) is 12.2 Å². The normalized spacial score (nSPS) is 11.6. The largest absolute Gasteiger partial charge is 0.461 e. The Bertz CT molecular complexity index is 778. The van der Waals surface area contributed by atoms with Gasteiger partial charge in [0.15, 0.2) is 0 Å². The van der Waals surface area contributed by atoms with Crippen LogP contribution in [0, 0.1) is 5.92 Å². The van der Waals surface area contributed by atoms with Crippen molar-refractivity contribution in [3.8, 4) is 0 Å². The third kappa shape index (κ3) is 6.77. The van der Waals surface area contributed by atoms with Crippen molar-refractivity contribution in [2.24, 2.45) is 5.92 Å². The van der Waals surface area contributed by atoms with E-state index in [9.17, 15) is 9.59 Å². The highest BCUT2D eigenvalue weighted by molar-refractivity contribution is 6.02. The maximum Gasteiger partial charge on any atom is 0.354 e. The van der Waals surface area contributed by atoms with Crippen LogP contribution in [0.1, 0.15) is 25.0 Å². The zero-order chi connectivity index (χ0) is 18.8. The lowest BCUT2D eigenvalue weighted by Crippen LogP contribution is -2.27. The molecule has 4 heteroatoms. The zero-order valence-electron chi connectivity index (χ0n) is 15.0. The Morgan fingerprint density at radius 1 is 0.962 bits per heavy atom. The standard InChI is InChI=1S/C22H23NO3/c1-17(2)16-26-22(25)20(15-19-11-7-4-8-12-19)23-21(24)14-13-18-9-5-3-6-10-18/h3-15,17H,16H2,1-2H3,(H,23,24)/b14-13+,20-15+. The second kappa shape index (κ2) is 9.99. The quantitative estimate of drug-likeness (QED) is 0.606. The highest BCUT2D eigenvalue weighted by atomic mass is 16.5. The van der Waals surface area contributed by atoms with Crippen LogP contribution in [-0.2, 0) is 14.3 Å². The fraction of sp³-hybridized carbons (Fsp3) is 0.182. The van der Waals surface area contributed by atoms with Crippen LogP contribution >= 0.6 is 0 Å². The highest BCUT2D eigenvalue weighted by Gasteiger charge is 2.14. The first-order chi connectivity index (χ1) is 12.5. The molecule has 134 valence electrons. The minimum absolute atomic E-state index is 0.111. The van der Waals surface area contributed by atoms with Crippen LogP contribution in [0.2, 0.25) is 0 Å². The first-order valence-electron chi connectivity index (χ1n) is 8.52. The predicted molar refractivity (Wildman–Crippen MR) is 104 cm³/mol. The average Bonchev–Trinajstić information content (AvgIpc) is 2.65. The summed E-state index contributed by atoms with van der Waals surface area (Å²) in [7, 11) is 0. The second-order valence-corrected chi connectivity index (χ2v) is 6.19. The number of rotatable bonds is 7. The molecule has 0 heterocycles. The van der Waals surface area contributed by atoms with E-state index < -0.39 is 11.9 Å².